The molecule has 0 aliphatic carbocycles. The molecule has 5 heteroatoms. The van der Waals surface area contributed by atoms with Crippen LogP contribution in [-0.2, 0) is 15.3 Å². The summed E-state index contributed by atoms with van der Waals surface area (Å²) in [4.78, 5) is 0. The van der Waals surface area contributed by atoms with Crippen LogP contribution in [0.1, 0.15) is 19.4 Å². The molecule has 0 saturated carbocycles. The molecule has 0 aliphatic rings. The summed E-state index contributed by atoms with van der Waals surface area (Å²) < 4.78 is 24.8. The molecule has 1 aromatic carbocycles. The molecule has 1 rings (SSSR count). The lowest BCUT2D eigenvalue weighted by molar-refractivity contribution is -0.235. The van der Waals surface area contributed by atoms with E-state index in [0.29, 0.717) is 23.2 Å². The van der Waals surface area contributed by atoms with Crippen molar-refractivity contribution in [3.05, 3.63) is 34.1 Å². The summed E-state index contributed by atoms with van der Waals surface area (Å²) in [5, 5.41) is 0. The van der Waals surface area contributed by atoms with Gasteiger partial charge in [0, 0.05) is 18.8 Å². The van der Waals surface area contributed by atoms with E-state index in [0.717, 1.165) is 0 Å². The van der Waals surface area contributed by atoms with Gasteiger partial charge in [0.25, 0.3) is 0 Å². The SMILES string of the molecule is CCOC(CN)(OCC)c1ccc(F)c(Br)c1. The Morgan fingerprint density at radius 3 is 2.29 bits per heavy atom. The van der Waals surface area contributed by atoms with Crippen LogP contribution in [0.3, 0.4) is 0 Å². The molecule has 0 heterocycles. The number of halogens is 2. The number of hydrogen-bond acceptors (Lipinski definition) is 3. The lowest BCUT2D eigenvalue weighted by Crippen LogP contribution is -2.41. The van der Waals surface area contributed by atoms with Gasteiger partial charge < -0.3 is 15.2 Å². The molecule has 17 heavy (non-hydrogen) atoms. The van der Waals surface area contributed by atoms with E-state index in [1.807, 2.05) is 13.8 Å². The number of rotatable bonds is 6. The van der Waals surface area contributed by atoms with Crippen LogP contribution in [0.5, 0.6) is 0 Å². The van der Waals surface area contributed by atoms with Crippen LogP contribution in [0.25, 0.3) is 0 Å². The van der Waals surface area contributed by atoms with Crippen LogP contribution in [0.2, 0.25) is 0 Å². The Morgan fingerprint density at radius 1 is 1.29 bits per heavy atom. The summed E-state index contributed by atoms with van der Waals surface area (Å²) in [5.41, 5.74) is 6.45. The van der Waals surface area contributed by atoms with Crippen LogP contribution < -0.4 is 5.73 Å². The van der Waals surface area contributed by atoms with Gasteiger partial charge in [-0.25, -0.2) is 4.39 Å². The molecule has 0 atom stereocenters. The Hall–Kier alpha value is -0.490. The van der Waals surface area contributed by atoms with Crippen LogP contribution in [0, 0.1) is 5.82 Å². The predicted molar refractivity (Wildman–Crippen MR) is 68.1 cm³/mol. The summed E-state index contributed by atoms with van der Waals surface area (Å²) in [6.45, 7) is 4.83. The van der Waals surface area contributed by atoms with Crippen molar-refractivity contribution in [3.8, 4) is 0 Å². The van der Waals surface area contributed by atoms with Gasteiger partial charge in [-0.15, -0.1) is 0 Å². The summed E-state index contributed by atoms with van der Waals surface area (Å²) >= 11 is 3.14. The van der Waals surface area contributed by atoms with Gasteiger partial charge in [-0.05, 0) is 41.9 Å². The molecule has 96 valence electrons. The second kappa shape index (κ2) is 6.44. The molecule has 1 aromatic rings. The standard InChI is InChI=1S/C12H17BrFNO2/c1-3-16-12(8-15,17-4-2)9-5-6-11(14)10(13)7-9/h5-7H,3-4,8,15H2,1-2H3. The van der Waals surface area contributed by atoms with E-state index < -0.39 is 5.79 Å². The summed E-state index contributed by atoms with van der Waals surface area (Å²) in [5.74, 6) is -1.33. The molecule has 2 N–H and O–H groups in total. The topological polar surface area (TPSA) is 44.5 Å². The molecule has 3 nitrogen and oxygen atoms in total. The molecule has 0 amide bonds. The van der Waals surface area contributed by atoms with Gasteiger partial charge in [-0.1, -0.05) is 6.07 Å². The molecule has 0 radical (unpaired) electrons. The molecule has 0 aliphatic heterocycles. The van der Waals surface area contributed by atoms with Gasteiger partial charge in [0.05, 0.1) is 11.0 Å². The molecule has 0 bridgehead atoms. The highest BCUT2D eigenvalue weighted by atomic mass is 79.9. The van der Waals surface area contributed by atoms with Gasteiger partial charge in [0.15, 0.2) is 0 Å². The maximum Gasteiger partial charge on any atom is 0.207 e. The minimum Gasteiger partial charge on any atom is -0.345 e. The van der Waals surface area contributed by atoms with Crippen molar-refractivity contribution in [1.29, 1.82) is 0 Å². The van der Waals surface area contributed by atoms with Crippen LogP contribution >= 0.6 is 15.9 Å². The van der Waals surface area contributed by atoms with E-state index in [1.54, 1.807) is 12.1 Å². The Balaban J connectivity index is 3.14. The Morgan fingerprint density at radius 2 is 1.88 bits per heavy atom. The zero-order valence-corrected chi connectivity index (χ0v) is 11.6. The predicted octanol–water partition coefficient (Wildman–Crippen LogP) is 2.77. The van der Waals surface area contributed by atoms with Crippen LogP contribution in [0.15, 0.2) is 22.7 Å². The molecule has 0 saturated heterocycles. The van der Waals surface area contributed by atoms with E-state index in [1.165, 1.54) is 6.07 Å². The van der Waals surface area contributed by atoms with E-state index in [-0.39, 0.29) is 12.4 Å². The van der Waals surface area contributed by atoms with Gasteiger partial charge in [-0.2, -0.15) is 0 Å². The highest BCUT2D eigenvalue weighted by Gasteiger charge is 2.32. The van der Waals surface area contributed by atoms with Crippen molar-refractivity contribution >= 4 is 15.9 Å². The zero-order chi connectivity index (χ0) is 12.9. The average molecular weight is 306 g/mol. The minimum absolute atomic E-state index is 0.173. The number of hydrogen-bond donors (Lipinski definition) is 1. The van der Waals surface area contributed by atoms with Gasteiger partial charge >= 0.3 is 0 Å². The second-order valence-corrected chi connectivity index (χ2v) is 4.31. The van der Waals surface area contributed by atoms with Gasteiger partial charge in [-0.3, -0.25) is 0 Å². The first-order chi connectivity index (χ1) is 8.09. The lowest BCUT2D eigenvalue weighted by Gasteiger charge is -2.32. The van der Waals surface area contributed by atoms with Crippen molar-refractivity contribution in [2.24, 2.45) is 5.73 Å². The molecular formula is C12H17BrFNO2. The molecule has 0 fully saturated rings. The number of nitrogens with two attached hydrogens (primary N) is 1. The van der Waals surface area contributed by atoms with E-state index in [4.69, 9.17) is 15.2 Å². The fourth-order valence-corrected chi connectivity index (χ4v) is 2.02. The third-order valence-corrected chi connectivity index (χ3v) is 2.99. The Kier molecular flexibility index (Phi) is 5.52. The monoisotopic (exact) mass is 305 g/mol. The van der Waals surface area contributed by atoms with Crippen molar-refractivity contribution in [1.82, 2.24) is 0 Å². The van der Waals surface area contributed by atoms with Crippen molar-refractivity contribution in [3.63, 3.8) is 0 Å². The largest absolute Gasteiger partial charge is 0.345 e. The first-order valence-electron chi connectivity index (χ1n) is 5.53. The number of benzene rings is 1. The maximum absolute atomic E-state index is 13.2. The highest BCUT2D eigenvalue weighted by Crippen LogP contribution is 2.29. The molecule has 0 unspecified atom stereocenters. The van der Waals surface area contributed by atoms with Crippen molar-refractivity contribution < 1.29 is 13.9 Å². The van der Waals surface area contributed by atoms with Crippen molar-refractivity contribution in [2.45, 2.75) is 19.6 Å². The number of ether oxygens (including phenoxy) is 2. The van der Waals surface area contributed by atoms with Gasteiger partial charge in [0.1, 0.15) is 5.82 Å². The second-order valence-electron chi connectivity index (χ2n) is 3.45. The Labute approximate surface area is 109 Å². The summed E-state index contributed by atoms with van der Waals surface area (Å²) in [7, 11) is 0. The summed E-state index contributed by atoms with van der Waals surface area (Å²) in [6.07, 6.45) is 0. The molecular weight excluding hydrogens is 289 g/mol. The first kappa shape index (κ1) is 14.6. The van der Waals surface area contributed by atoms with Crippen molar-refractivity contribution in [2.75, 3.05) is 19.8 Å². The van der Waals surface area contributed by atoms with Gasteiger partial charge in [0.2, 0.25) is 5.79 Å². The smallest absolute Gasteiger partial charge is 0.207 e. The third-order valence-electron chi connectivity index (χ3n) is 2.38. The maximum atomic E-state index is 13.2. The fraction of sp³-hybridized carbons (Fsp3) is 0.500. The minimum atomic E-state index is -1.00. The average Bonchev–Trinajstić information content (AvgIpc) is 2.32. The zero-order valence-electron chi connectivity index (χ0n) is 10.0. The van der Waals surface area contributed by atoms with Crippen LogP contribution in [-0.4, -0.2) is 19.8 Å². The normalized spacial score (nSPS) is 11.8. The third kappa shape index (κ3) is 3.25. The van der Waals surface area contributed by atoms with E-state index >= 15 is 0 Å². The molecule has 0 spiro atoms. The highest BCUT2D eigenvalue weighted by molar-refractivity contribution is 9.10. The first-order valence-corrected chi connectivity index (χ1v) is 6.32. The Bertz CT molecular complexity index is 368. The fourth-order valence-electron chi connectivity index (χ4n) is 1.64. The van der Waals surface area contributed by atoms with E-state index in [9.17, 15) is 4.39 Å². The lowest BCUT2D eigenvalue weighted by atomic mass is 10.1. The molecule has 0 aromatic heterocycles. The summed E-state index contributed by atoms with van der Waals surface area (Å²) in [6, 6.07) is 4.62. The van der Waals surface area contributed by atoms with Crippen LogP contribution in [0.4, 0.5) is 4.39 Å². The quantitative estimate of drug-likeness (QED) is 0.822. The van der Waals surface area contributed by atoms with E-state index in [2.05, 4.69) is 15.9 Å².